The lowest BCUT2D eigenvalue weighted by Crippen LogP contribution is -2.20. The second-order valence-corrected chi connectivity index (χ2v) is 7.31. The van der Waals surface area contributed by atoms with Crippen molar-refractivity contribution in [3.05, 3.63) is 52.5 Å². The van der Waals surface area contributed by atoms with Crippen molar-refractivity contribution in [2.45, 2.75) is 26.2 Å². The van der Waals surface area contributed by atoms with E-state index < -0.39 is 0 Å². The van der Waals surface area contributed by atoms with E-state index in [0.717, 1.165) is 10.2 Å². The van der Waals surface area contributed by atoms with Gasteiger partial charge in [0.1, 0.15) is 11.5 Å². The van der Waals surface area contributed by atoms with E-state index in [0.29, 0.717) is 11.5 Å². The smallest absolute Gasteiger partial charge is 0.262 e. The van der Waals surface area contributed by atoms with Gasteiger partial charge in [-0.15, -0.1) is 0 Å². The molecular formula is C19H22BrNO3. The maximum absolute atomic E-state index is 12.1. The number of ether oxygens (including phenoxy) is 2. The third-order valence-electron chi connectivity index (χ3n) is 3.52. The van der Waals surface area contributed by atoms with Gasteiger partial charge in [0.15, 0.2) is 6.61 Å². The fourth-order valence-electron chi connectivity index (χ4n) is 2.11. The van der Waals surface area contributed by atoms with Crippen molar-refractivity contribution >= 4 is 27.5 Å². The van der Waals surface area contributed by atoms with Crippen molar-refractivity contribution in [3.63, 3.8) is 0 Å². The van der Waals surface area contributed by atoms with E-state index in [1.54, 1.807) is 19.2 Å². The Bertz CT molecular complexity index is 723. The molecule has 0 unspecified atom stereocenters. The van der Waals surface area contributed by atoms with Crippen LogP contribution >= 0.6 is 15.9 Å². The highest BCUT2D eigenvalue weighted by molar-refractivity contribution is 9.10. The Balaban J connectivity index is 1.97. The van der Waals surface area contributed by atoms with Crippen molar-refractivity contribution in [2.75, 3.05) is 19.0 Å². The molecule has 0 bridgehead atoms. The topological polar surface area (TPSA) is 47.6 Å². The average molecular weight is 392 g/mol. The minimum atomic E-state index is -0.220. The van der Waals surface area contributed by atoms with Crippen LogP contribution in [-0.2, 0) is 10.2 Å². The summed E-state index contributed by atoms with van der Waals surface area (Å²) in [7, 11) is 1.59. The summed E-state index contributed by atoms with van der Waals surface area (Å²) in [5, 5.41) is 2.85. The van der Waals surface area contributed by atoms with Crippen LogP contribution in [0.3, 0.4) is 0 Å². The molecule has 2 aromatic carbocycles. The van der Waals surface area contributed by atoms with Crippen LogP contribution < -0.4 is 14.8 Å². The molecule has 2 rings (SSSR count). The molecule has 0 aliphatic rings. The molecule has 0 aliphatic heterocycles. The lowest BCUT2D eigenvalue weighted by atomic mass is 9.87. The molecular weight excluding hydrogens is 370 g/mol. The zero-order valence-electron chi connectivity index (χ0n) is 14.4. The summed E-state index contributed by atoms with van der Waals surface area (Å²) in [5.41, 5.74) is 1.97. The summed E-state index contributed by atoms with van der Waals surface area (Å²) in [4.78, 5) is 12.1. The van der Waals surface area contributed by atoms with Crippen molar-refractivity contribution in [3.8, 4) is 11.5 Å². The number of benzene rings is 2. The number of hydrogen-bond acceptors (Lipinski definition) is 3. The molecule has 1 amide bonds. The monoisotopic (exact) mass is 391 g/mol. The van der Waals surface area contributed by atoms with Gasteiger partial charge in [0.05, 0.1) is 12.8 Å². The number of hydrogen-bond donors (Lipinski definition) is 1. The number of carbonyl (C=O) groups is 1. The van der Waals surface area contributed by atoms with Gasteiger partial charge in [-0.05, 0) is 51.2 Å². The highest BCUT2D eigenvalue weighted by atomic mass is 79.9. The van der Waals surface area contributed by atoms with Crippen LogP contribution in [0.2, 0.25) is 0 Å². The molecule has 2 aromatic rings. The van der Waals surface area contributed by atoms with Crippen LogP contribution in [-0.4, -0.2) is 19.6 Å². The maximum Gasteiger partial charge on any atom is 0.262 e. The number of carbonyl (C=O) groups excluding carboxylic acids is 1. The van der Waals surface area contributed by atoms with Crippen molar-refractivity contribution in [2.24, 2.45) is 0 Å². The Labute approximate surface area is 151 Å². The van der Waals surface area contributed by atoms with Crippen LogP contribution in [0.4, 0.5) is 5.69 Å². The van der Waals surface area contributed by atoms with Gasteiger partial charge >= 0.3 is 0 Å². The molecule has 0 radical (unpaired) electrons. The molecule has 0 saturated carbocycles. The summed E-state index contributed by atoms with van der Waals surface area (Å²) in [6, 6.07) is 13.1. The molecule has 128 valence electrons. The number of anilines is 1. The average Bonchev–Trinajstić information content (AvgIpc) is 2.54. The van der Waals surface area contributed by atoms with Crippen LogP contribution in [0.1, 0.15) is 26.3 Å². The molecule has 0 heterocycles. The highest BCUT2D eigenvalue weighted by Crippen LogP contribution is 2.30. The minimum absolute atomic E-state index is 0.0561. The van der Waals surface area contributed by atoms with E-state index in [-0.39, 0.29) is 17.9 Å². The standard InChI is InChI=1S/C19H22BrNO3/c1-19(2,3)13-8-9-17(16(20)10-13)21-18(22)12-24-15-7-5-6-14(11-15)23-4/h5-11H,12H2,1-4H3,(H,21,22). The molecule has 0 atom stereocenters. The largest absolute Gasteiger partial charge is 0.497 e. The van der Waals surface area contributed by atoms with Crippen molar-refractivity contribution < 1.29 is 14.3 Å². The van der Waals surface area contributed by atoms with E-state index >= 15 is 0 Å². The first-order chi connectivity index (χ1) is 11.3. The van der Waals surface area contributed by atoms with E-state index in [9.17, 15) is 4.79 Å². The van der Waals surface area contributed by atoms with Gasteiger partial charge in [-0.25, -0.2) is 0 Å². The van der Waals surface area contributed by atoms with Crippen LogP contribution in [0.15, 0.2) is 46.9 Å². The lowest BCUT2D eigenvalue weighted by Gasteiger charge is -2.20. The first-order valence-corrected chi connectivity index (χ1v) is 8.45. The van der Waals surface area contributed by atoms with Crippen molar-refractivity contribution in [1.29, 1.82) is 0 Å². The van der Waals surface area contributed by atoms with Crippen LogP contribution in [0.25, 0.3) is 0 Å². The zero-order valence-corrected chi connectivity index (χ0v) is 15.9. The quantitative estimate of drug-likeness (QED) is 0.797. The number of methoxy groups -OCH3 is 1. The first-order valence-electron chi connectivity index (χ1n) is 7.66. The molecule has 4 nitrogen and oxygen atoms in total. The summed E-state index contributed by atoms with van der Waals surface area (Å²) in [6.07, 6.45) is 0. The Morgan fingerprint density at radius 2 is 1.83 bits per heavy atom. The predicted molar refractivity (Wildman–Crippen MR) is 100.0 cm³/mol. The molecule has 1 N–H and O–H groups in total. The fraction of sp³-hybridized carbons (Fsp3) is 0.316. The molecule has 0 fully saturated rings. The van der Waals surface area contributed by atoms with Gasteiger partial charge in [0.25, 0.3) is 5.91 Å². The van der Waals surface area contributed by atoms with Gasteiger partial charge in [-0.3, -0.25) is 4.79 Å². The molecule has 0 spiro atoms. The number of rotatable bonds is 5. The Hall–Kier alpha value is -2.01. The number of amides is 1. The van der Waals surface area contributed by atoms with Gasteiger partial charge in [0.2, 0.25) is 0 Å². The molecule has 24 heavy (non-hydrogen) atoms. The van der Waals surface area contributed by atoms with Gasteiger partial charge < -0.3 is 14.8 Å². The van der Waals surface area contributed by atoms with Crippen LogP contribution in [0.5, 0.6) is 11.5 Å². The number of nitrogens with one attached hydrogen (secondary N) is 1. The Morgan fingerprint density at radius 3 is 2.46 bits per heavy atom. The molecule has 0 saturated heterocycles. The van der Waals surface area contributed by atoms with Gasteiger partial charge in [-0.2, -0.15) is 0 Å². The number of halogens is 1. The summed E-state index contributed by atoms with van der Waals surface area (Å²) < 4.78 is 11.5. The summed E-state index contributed by atoms with van der Waals surface area (Å²) >= 11 is 3.51. The Morgan fingerprint density at radius 1 is 1.12 bits per heavy atom. The summed E-state index contributed by atoms with van der Waals surface area (Å²) in [6.45, 7) is 6.37. The second-order valence-electron chi connectivity index (χ2n) is 6.46. The summed E-state index contributed by atoms with van der Waals surface area (Å²) in [5.74, 6) is 1.06. The van der Waals surface area contributed by atoms with Crippen LogP contribution in [0, 0.1) is 0 Å². The van der Waals surface area contributed by atoms with E-state index in [2.05, 4.69) is 42.0 Å². The fourth-order valence-corrected chi connectivity index (χ4v) is 2.59. The Kier molecular flexibility index (Phi) is 5.89. The molecule has 5 heteroatoms. The van der Waals surface area contributed by atoms with Crippen molar-refractivity contribution in [1.82, 2.24) is 0 Å². The van der Waals surface area contributed by atoms with E-state index in [4.69, 9.17) is 9.47 Å². The lowest BCUT2D eigenvalue weighted by molar-refractivity contribution is -0.118. The van der Waals surface area contributed by atoms with E-state index in [1.165, 1.54) is 5.56 Å². The maximum atomic E-state index is 12.1. The van der Waals surface area contributed by atoms with Gasteiger partial charge in [-0.1, -0.05) is 32.9 Å². The molecule has 0 aliphatic carbocycles. The predicted octanol–water partition coefficient (Wildman–Crippen LogP) is 4.77. The van der Waals surface area contributed by atoms with E-state index in [1.807, 2.05) is 30.3 Å². The first kappa shape index (κ1) is 18.3. The second kappa shape index (κ2) is 7.71. The molecule has 0 aromatic heterocycles. The van der Waals surface area contributed by atoms with Gasteiger partial charge in [0, 0.05) is 10.5 Å². The zero-order chi connectivity index (χ0) is 17.7. The highest BCUT2D eigenvalue weighted by Gasteiger charge is 2.15. The minimum Gasteiger partial charge on any atom is -0.497 e. The SMILES string of the molecule is COc1cccc(OCC(=O)Nc2ccc(C(C)(C)C)cc2Br)c1. The third kappa shape index (κ3) is 4.99. The third-order valence-corrected chi connectivity index (χ3v) is 4.18. The normalized spacial score (nSPS) is 11.0.